The van der Waals surface area contributed by atoms with Gasteiger partial charge in [0.05, 0.1) is 4.90 Å². The van der Waals surface area contributed by atoms with E-state index >= 15 is 0 Å². The van der Waals surface area contributed by atoms with Gasteiger partial charge in [-0.3, -0.25) is 10.1 Å². The number of nitrogens with two attached hydrogens (primary N) is 1. The molecule has 6 nitrogen and oxygen atoms in total. The first-order chi connectivity index (χ1) is 8.36. The van der Waals surface area contributed by atoms with E-state index in [2.05, 4.69) is 10.6 Å². The van der Waals surface area contributed by atoms with Gasteiger partial charge in [-0.25, -0.2) is 13.6 Å². The number of amides is 1. The van der Waals surface area contributed by atoms with Crippen molar-refractivity contribution < 1.29 is 13.2 Å². The molecule has 1 aromatic rings. The lowest BCUT2D eigenvalue weighted by Gasteiger charge is -1.99. The summed E-state index contributed by atoms with van der Waals surface area (Å²) in [5.74, 6) is -0.324. The second-order valence-electron chi connectivity index (χ2n) is 3.58. The first-order valence-electron chi connectivity index (χ1n) is 4.83. The average Bonchev–Trinajstić information content (AvgIpc) is 2.57. The summed E-state index contributed by atoms with van der Waals surface area (Å²) in [7, 11) is -3.70. The van der Waals surface area contributed by atoms with Gasteiger partial charge in [-0.2, -0.15) is 0 Å². The van der Waals surface area contributed by atoms with Crippen LogP contribution in [0, 0.1) is 0 Å². The van der Waals surface area contributed by atoms with Gasteiger partial charge in [-0.05, 0) is 36.0 Å². The molecule has 94 valence electrons. The summed E-state index contributed by atoms with van der Waals surface area (Å²) in [6.45, 7) is 0. The first-order valence-corrected chi connectivity index (χ1v) is 6.78. The topological polar surface area (TPSA) is 101 Å². The number of carbonyl (C=O) groups excluding carboxylic acids is 1. The minimum atomic E-state index is -3.70. The van der Waals surface area contributed by atoms with Crippen LogP contribution < -0.4 is 15.8 Å². The highest BCUT2D eigenvalue weighted by molar-refractivity contribution is 7.89. The molecule has 1 saturated heterocycles. The van der Waals surface area contributed by atoms with Crippen LogP contribution in [0.2, 0.25) is 0 Å². The Labute approximate surface area is 109 Å². The zero-order valence-corrected chi connectivity index (χ0v) is 10.6. The van der Waals surface area contributed by atoms with Gasteiger partial charge in [0.2, 0.25) is 10.0 Å². The predicted molar refractivity (Wildman–Crippen MR) is 69.7 cm³/mol. The van der Waals surface area contributed by atoms with Crippen molar-refractivity contribution in [2.75, 3.05) is 0 Å². The molecule has 4 N–H and O–H groups in total. The summed E-state index contributed by atoms with van der Waals surface area (Å²) in [4.78, 5) is 11.4. The fourth-order valence-electron chi connectivity index (χ4n) is 1.40. The number of thiocarbonyl (C=S) groups is 1. The third-order valence-corrected chi connectivity index (χ3v) is 3.37. The number of hydrogen-bond acceptors (Lipinski definition) is 4. The maximum Gasteiger partial charge on any atom is 0.273 e. The van der Waals surface area contributed by atoms with E-state index in [1.165, 1.54) is 12.1 Å². The lowest BCUT2D eigenvalue weighted by atomic mass is 10.2. The van der Waals surface area contributed by atoms with E-state index in [-0.39, 0.29) is 15.9 Å². The van der Waals surface area contributed by atoms with Gasteiger partial charge in [-0.15, -0.1) is 0 Å². The van der Waals surface area contributed by atoms with E-state index in [1.54, 1.807) is 18.2 Å². The Morgan fingerprint density at radius 1 is 1.17 bits per heavy atom. The molecule has 0 aliphatic carbocycles. The molecule has 0 radical (unpaired) electrons. The Morgan fingerprint density at radius 3 is 2.22 bits per heavy atom. The molecule has 0 saturated carbocycles. The van der Waals surface area contributed by atoms with E-state index < -0.39 is 10.0 Å². The molecule has 1 aliphatic heterocycles. The van der Waals surface area contributed by atoms with E-state index in [9.17, 15) is 13.2 Å². The van der Waals surface area contributed by atoms with E-state index in [4.69, 9.17) is 17.4 Å². The molecule has 1 fully saturated rings. The second-order valence-corrected chi connectivity index (χ2v) is 5.55. The maximum absolute atomic E-state index is 11.4. The first kappa shape index (κ1) is 12.7. The van der Waals surface area contributed by atoms with Gasteiger partial charge in [0.1, 0.15) is 5.70 Å². The molecule has 2 rings (SSSR count). The number of benzene rings is 1. The molecule has 1 aliphatic rings. The minimum absolute atomic E-state index is 0.0176. The van der Waals surface area contributed by atoms with Crippen LogP contribution in [0.15, 0.2) is 34.9 Å². The number of nitrogens with one attached hydrogen (secondary N) is 2. The largest absolute Gasteiger partial charge is 0.328 e. The van der Waals surface area contributed by atoms with Crippen molar-refractivity contribution in [3.05, 3.63) is 35.5 Å². The highest BCUT2D eigenvalue weighted by Gasteiger charge is 2.19. The third-order valence-electron chi connectivity index (χ3n) is 2.24. The fourth-order valence-corrected chi connectivity index (χ4v) is 2.12. The normalized spacial score (nSPS) is 17.7. The fraction of sp³-hybridized carbons (Fsp3) is 0. The highest BCUT2D eigenvalue weighted by Crippen LogP contribution is 2.12. The number of carbonyl (C=O) groups is 1. The third kappa shape index (κ3) is 2.73. The van der Waals surface area contributed by atoms with Gasteiger partial charge >= 0.3 is 0 Å². The molecule has 0 bridgehead atoms. The lowest BCUT2D eigenvalue weighted by Crippen LogP contribution is -2.21. The standard InChI is InChI=1S/C10H9N3O3S2/c11-18(15,16)7-3-1-6(2-4-7)5-8-9(14)13-10(17)12-8/h1-5H,(H2,11,15,16)(H2,12,13,14,17)/b8-5-. The Hall–Kier alpha value is -1.77. The van der Waals surface area contributed by atoms with E-state index in [0.29, 0.717) is 11.3 Å². The second kappa shape index (κ2) is 4.48. The monoisotopic (exact) mass is 283 g/mol. The molecule has 1 amide bonds. The minimum Gasteiger partial charge on any atom is -0.328 e. The smallest absolute Gasteiger partial charge is 0.273 e. The van der Waals surface area contributed by atoms with Crippen molar-refractivity contribution >= 4 is 39.3 Å². The molecule has 0 spiro atoms. The van der Waals surface area contributed by atoms with Gasteiger partial charge < -0.3 is 5.32 Å². The molecule has 0 unspecified atom stereocenters. The molecule has 18 heavy (non-hydrogen) atoms. The van der Waals surface area contributed by atoms with Crippen LogP contribution in [0.3, 0.4) is 0 Å². The summed E-state index contributed by atoms with van der Waals surface area (Å²) in [5.41, 5.74) is 0.966. The van der Waals surface area contributed by atoms with E-state index in [1.807, 2.05) is 0 Å². The van der Waals surface area contributed by atoms with Crippen molar-refractivity contribution in [1.82, 2.24) is 10.6 Å². The number of primary sulfonamides is 1. The van der Waals surface area contributed by atoms with Crippen molar-refractivity contribution in [3.8, 4) is 0 Å². The molecule has 0 atom stereocenters. The number of sulfonamides is 1. The SMILES string of the molecule is NS(=O)(=O)c1ccc(/C=C2\NC(=S)NC2=O)cc1. The summed E-state index contributed by atoms with van der Waals surface area (Å²) in [5, 5.41) is 10.3. The van der Waals surface area contributed by atoms with Gasteiger partial charge in [0.25, 0.3) is 5.91 Å². The van der Waals surface area contributed by atoms with Crippen LogP contribution >= 0.6 is 12.2 Å². The van der Waals surface area contributed by atoms with E-state index in [0.717, 1.165) is 0 Å². The Kier molecular flexibility index (Phi) is 3.16. The van der Waals surface area contributed by atoms with Crippen LogP contribution in [0.25, 0.3) is 6.08 Å². The number of rotatable bonds is 2. The van der Waals surface area contributed by atoms with Crippen LogP contribution in [0.1, 0.15) is 5.56 Å². The van der Waals surface area contributed by atoms with Gasteiger partial charge in [-0.1, -0.05) is 12.1 Å². The van der Waals surface area contributed by atoms with Crippen molar-refractivity contribution in [2.24, 2.45) is 5.14 Å². The lowest BCUT2D eigenvalue weighted by molar-refractivity contribution is -0.115. The molecular formula is C10H9N3O3S2. The summed E-state index contributed by atoms with van der Waals surface area (Å²) in [6, 6.07) is 5.83. The zero-order chi connectivity index (χ0) is 13.3. The molecule has 1 heterocycles. The summed E-state index contributed by atoms with van der Waals surface area (Å²) >= 11 is 4.78. The molecular weight excluding hydrogens is 274 g/mol. The highest BCUT2D eigenvalue weighted by atomic mass is 32.2. The Bertz CT molecular complexity index is 647. The van der Waals surface area contributed by atoms with Crippen molar-refractivity contribution in [3.63, 3.8) is 0 Å². The number of hydrogen-bond donors (Lipinski definition) is 3. The quantitative estimate of drug-likeness (QED) is 0.510. The molecule has 0 aromatic heterocycles. The summed E-state index contributed by atoms with van der Waals surface area (Å²) in [6.07, 6.45) is 1.56. The van der Waals surface area contributed by atoms with Gasteiger partial charge in [0, 0.05) is 0 Å². The van der Waals surface area contributed by atoms with Crippen molar-refractivity contribution in [2.45, 2.75) is 4.90 Å². The maximum atomic E-state index is 11.4. The molecule has 8 heteroatoms. The summed E-state index contributed by atoms with van der Waals surface area (Å²) < 4.78 is 22.1. The Morgan fingerprint density at radius 2 is 1.78 bits per heavy atom. The van der Waals surface area contributed by atoms with Crippen molar-refractivity contribution in [1.29, 1.82) is 0 Å². The zero-order valence-electron chi connectivity index (χ0n) is 9.01. The van der Waals surface area contributed by atoms with Crippen LogP contribution in [0.5, 0.6) is 0 Å². The van der Waals surface area contributed by atoms with Crippen LogP contribution in [0.4, 0.5) is 0 Å². The van der Waals surface area contributed by atoms with Gasteiger partial charge in [0.15, 0.2) is 5.11 Å². The average molecular weight is 283 g/mol. The Balaban J connectivity index is 2.29. The molecule has 1 aromatic carbocycles. The predicted octanol–water partition coefficient (Wildman–Crippen LogP) is -0.321. The van der Waals surface area contributed by atoms with Crippen LogP contribution in [-0.2, 0) is 14.8 Å². The van der Waals surface area contributed by atoms with Crippen LogP contribution in [-0.4, -0.2) is 19.4 Å².